The van der Waals surface area contributed by atoms with E-state index in [1.807, 2.05) is 25.1 Å². The number of hydrogen-bond donors (Lipinski definition) is 2. The standard InChI is InChI=1S/C13H17N3O2/c1-8-4-5-10(9(14)6-8)16-7-11(17)15-12(18)13(16,2)3/h4-6H,7,14H2,1-3H3,(H,15,17,18). The minimum atomic E-state index is -0.794. The second-order valence-electron chi connectivity index (χ2n) is 5.08. The van der Waals surface area contributed by atoms with Crippen molar-refractivity contribution in [2.75, 3.05) is 17.2 Å². The maximum atomic E-state index is 11.9. The van der Waals surface area contributed by atoms with E-state index in [0.717, 1.165) is 5.56 Å². The zero-order valence-corrected chi connectivity index (χ0v) is 10.8. The molecule has 1 aromatic carbocycles. The maximum absolute atomic E-state index is 11.9. The molecule has 0 saturated carbocycles. The number of rotatable bonds is 1. The maximum Gasteiger partial charge on any atom is 0.251 e. The molecular weight excluding hydrogens is 230 g/mol. The van der Waals surface area contributed by atoms with Gasteiger partial charge in [-0.1, -0.05) is 6.07 Å². The average molecular weight is 247 g/mol. The smallest absolute Gasteiger partial charge is 0.251 e. The van der Waals surface area contributed by atoms with E-state index in [4.69, 9.17) is 5.73 Å². The first-order valence-electron chi connectivity index (χ1n) is 5.80. The van der Waals surface area contributed by atoms with E-state index >= 15 is 0 Å². The van der Waals surface area contributed by atoms with Gasteiger partial charge in [-0.25, -0.2) is 0 Å². The van der Waals surface area contributed by atoms with Crippen LogP contribution in [0.4, 0.5) is 11.4 Å². The van der Waals surface area contributed by atoms with Crippen molar-refractivity contribution in [2.45, 2.75) is 26.3 Å². The van der Waals surface area contributed by atoms with E-state index in [1.165, 1.54) is 0 Å². The molecule has 2 amide bonds. The molecule has 0 spiro atoms. The molecule has 3 N–H and O–H groups in total. The lowest BCUT2D eigenvalue weighted by Gasteiger charge is -2.42. The Morgan fingerprint density at radius 2 is 2.00 bits per heavy atom. The number of piperazine rings is 1. The summed E-state index contributed by atoms with van der Waals surface area (Å²) < 4.78 is 0. The lowest BCUT2D eigenvalue weighted by atomic mass is 9.97. The molecule has 96 valence electrons. The molecule has 0 unspecified atom stereocenters. The summed E-state index contributed by atoms with van der Waals surface area (Å²) >= 11 is 0. The van der Waals surface area contributed by atoms with Crippen molar-refractivity contribution in [1.82, 2.24) is 5.32 Å². The first kappa shape index (κ1) is 12.4. The molecule has 1 heterocycles. The molecule has 0 aliphatic carbocycles. The van der Waals surface area contributed by atoms with Gasteiger partial charge in [-0.3, -0.25) is 14.9 Å². The highest BCUT2D eigenvalue weighted by molar-refractivity contribution is 6.07. The fourth-order valence-corrected chi connectivity index (χ4v) is 2.09. The molecule has 5 heteroatoms. The predicted molar refractivity (Wildman–Crippen MR) is 70.2 cm³/mol. The second kappa shape index (κ2) is 4.01. The summed E-state index contributed by atoms with van der Waals surface area (Å²) in [7, 11) is 0. The fourth-order valence-electron chi connectivity index (χ4n) is 2.09. The quantitative estimate of drug-likeness (QED) is 0.569. The minimum absolute atomic E-state index is 0.131. The number of benzene rings is 1. The second-order valence-corrected chi connectivity index (χ2v) is 5.08. The van der Waals surface area contributed by atoms with Crippen LogP contribution in [0.25, 0.3) is 0 Å². The number of nitrogens with zero attached hydrogens (tertiary/aromatic N) is 1. The van der Waals surface area contributed by atoms with Crippen LogP contribution < -0.4 is 16.0 Å². The molecule has 0 bridgehead atoms. The Hall–Kier alpha value is -2.04. The van der Waals surface area contributed by atoms with Crippen LogP contribution >= 0.6 is 0 Å². The van der Waals surface area contributed by atoms with Crippen molar-refractivity contribution in [3.8, 4) is 0 Å². The number of carbonyl (C=O) groups excluding carboxylic acids is 2. The molecule has 1 aliphatic heterocycles. The topological polar surface area (TPSA) is 75.4 Å². The lowest BCUT2D eigenvalue weighted by Crippen LogP contribution is -2.64. The van der Waals surface area contributed by atoms with Gasteiger partial charge >= 0.3 is 0 Å². The van der Waals surface area contributed by atoms with Crippen LogP contribution in [0.3, 0.4) is 0 Å². The van der Waals surface area contributed by atoms with Crippen LogP contribution in [0.15, 0.2) is 18.2 Å². The van der Waals surface area contributed by atoms with E-state index in [9.17, 15) is 9.59 Å². The monoisotopic (exact) mass is 247 g/mol. The van der Waals surface area contributed by atoms with Crippen molar-refractivity contribution < 1.29 is 9.59 Å². The average Bonchev–Trinajstić information content (AvgIpc) is 2.24. The Morgan fingerprint density at radius 1 is 1.33 bits per heavy atom. The summed E-state index contributed by atoms with van der Waals surface area (Å²) in [6, 6.07) is 5.60. The van der Waals surface area contributed by atoms with E-state index in [-0.39, 0.29) is 18.4 Å². The lowest BCUT2D eigenvalue weighted by molar-refractivity contribution is -0.135. The van der Waals surface area contributed by atoms with Crippen molar-refractivity contribution >= 4 is 23.2 Å². The Bertz CT molecular complexity index is 523. The number of aryl methyl sites for hydroxylation is 1. The summed E-state index contributed by atoms with van der Waals surface area (Å²) in [5.41, 5.74) is 7.52. The van der Waals surface area contributed by atoms with Gasteiger partial charge in [0, 0.05) is 0 Å². The highest BCUT2D eigenvalue weighted by Gasteiger charge is 2.41. The number of imide groups is 1. The van der Waals surface area contributed by atoms with Crippen molar-refractivity contribution in [1.29, 1.82) is 0 Å². The normalized spacial score (nSPS) is 18.7. The molecule has 1 aromatic rings. The number of carbonyl (C=O) groups is 2. The summed E-state index contributed by atoms with van der Waals surface area (Å²) in [5.74, 6) is -0.613. The van der Waals surface area contributed by atoms with Gasteiger partial charge in [0.05, 0.1) is 17.9 Å². The highest BCUT2D eigenvalue weighted by atomic mass is 16.2. The van der Waals surface area contributed by atoms with Gasteiger partial charge < -0.3 is 10.6 Å². The molecule has 1 fully saturated rings. The minimum Gasteiger partial charge on any atom is -0.397 e. The van der Waals surface area contributed by atoms with Crippen LogP contribution in [0.1, 0.15) is 19.4 Å². The SMILES string of the molecule is Cc1ccc(N2CC(=O)NC(=O)C2(C)C)c(N)c1. The summed E-state index contributed by atoms with van der Waals surface area (Å²) in [4.78, 5) is 25.1. The largest absolute Gasteiger partial charge is 0.397 e. The van der Waals surface area contributed by atoms with Gasteiger partial charge in [0.25, 0.3) is 5.91 Å². The molecule has 0 atom stereocenters. The van der Waals surface area contributed by atoms with Crippen LogP contribution in [0.5, 0.6) is 0 Å². The molecule has 18 heavy (non-hydrogen) atoms. The molecule has 1 saturated heterocycles. The summed E-state index contributed by atoms with van der Waals surface area (Å²) in [5, 5.41) is 2.34. The molecule has 1 aliphatic rings. The van der Waals surface area contributed by atoms with Gasteiger partial charge in [0.15, 0.2) is 0 Å². The number of amides is 2. The predicted octanol–water partition coefficient (Wildman–Crippen LogP) is 0.819. The Balaban J connectivity index is 2.47. The van der Waals surface area contributed by atoms with Gasteiger partial charge in [0.1, 0.15) is 5.54 Å². The zero-order valence-electron chi connectivity index (χ0n) is 10.8. The Kier molecular flexibility index (Phi) is 2.77. The highest BCUT2D eigenvalue weighted by Crippen LogP contribution is 2.31. The molecule has 2 rings (SSSR count). The van der Waals surface area contributed by atoms with Gasteiger partial charge in [-0.15, -0.1) is 0 Å². The number of anilines is 2. The zero-order chi connectivity index (χ0) is 13.5. The van der Waals surface area contributed by atoms with Gasteiger partial charge in [-0.05, 0) is 38.5 Å². The molecule has 0 radical (unpaired) electrons. The summed E-state index contributed by atoms with van der Waals surface area (Å²) in [6.45, 7) is 5.62. The van der Waals surface area contributed by atoms with Crippen LogP contribution in [-0.4, -0.2) is 23.9 Å². The van der Waals surface area contributed by atoms with Crippen LogP contribution in [0.2, 0.25) is 0 Å². The third kappa shape index (κ3) is 1.92. The third-order valence-corrected chi connectivity index (χ3v) is 3.26. The van der Waals surface area contributed by atoms with E-state index in [0.29, 0.717) is 11.4 Å². The Labute approximate surface area is 106 Å². The number of nitrogen functional groups attached to an aromatic ring is 1. The number of nitrogens with two attached hydrogens (primary N) is 1. The van der Waals surface area contributed by atoms with E-state index in [2.05, 4.69) is 5.32 Å². The van der Waals surface area contributed by atoms with Gasteiger partial charge in [0.2, 0.25) is 5.91 Å². The molecule has 0 aromatic heterocycles. The number of nitrogens with one attached hydrogen (secondary N) is 1. The van der Waals surface area contributed by atoms with Crippen LogP contribution in [-0.2, 0) is 9.59 Å². The molecular formula is C13H17N3O2. The van der Waals surface area contributed by atoms with Crippen molar-refractivity contribution in [2.24, 2.45) is 0 Å². The van der Waals surface area contributed by atoms with E-state index < -0.39 is 5.54 Å². The number of hydrogen-bond acceptors (Lipinski definition) is 4. The van der Waals surface area contributed by atoms with Crippen molar-refractivity contribution in [3.63, 3.8) is 0 Å². The van der Waals surface area contributed by atoms with Gasteiger partial charge in [-0.2, -0.15) is 0 Å². The third-order valence-electron chi connectivity index (χ3n) is 3.26. The fraction of sp³-hybridized carbons (Fsp3) is 0.385. The first-order chi connectivity index (χ1) is 8.32. The van der Waals surface area contributed by atoms with Crippen LogP contribution in [0, 0.1) is 6.92 Å². The first-order valence-corrected chi connectivity index (χ1v) is 5.80. The van der Waals surface area contributed by atoms with Crippen molar-refractivity contribution in [3.05, 3.63) is 23.8 Å². The van der Waals surface area contributed by atoms with E-state index in [1.54, 1.807) is 18.7 Å². The summed E-state index contributed by atoms with van der Waals surface area (Å²) in [6.07, 6.45) is 0. The Morgan fingerprint density at radius 3 is 2.61 bits per heavy atom. The molecule has 5 nitrogen and oxygen atoms in total.